The molecule has 0 radical (unpaired) electrons. The second-order valence-electron chi connectivity index (χ2n) is 6.75. The molecule has 0 bridgehead atoms. The van der Waals surface area contributed by atoms with E-state index in [2.05, 4.69) is 5.32 Å². The molecule has 2 rings (SSSR count). The van der Waals surface area contributed by atoms with Crippen LogP contribution in [0.1, 0.15) is 48.2 Å². The van der Waals surface area contributed by atoms with E-state index in [0.29, 0.717) is 18.8 Å². The van der Waals surface area contributed by atoms with Crippen molar-refractivity contribution in [2.75, 3.05) is 18.4 Å². The van der Waals surface area contributed by atoms with Crippen LogP contribution in [-0.4, -0.2) is 31.7 Å². The number of aryl methyl sites for hydroxylation is 2. The zero-order valence-corrected chi connectivity index (χ0v) is 17.6. The van der Waals surface area contributed by atoms with Crippen molar-refractivity contribution in [3.8, 4) is 0 Å². The summed E-state index contributed by atoms with van der Waals surface area (Å²) in [5.41, 5.74) is 2.29. The van der Waals surface area contributed by atoms with E-state index in [1.807, 2.05) is 26.8 Å². The van der Waals surface area contributed by atoms with E-state index in [9.17, 15) is 17.6 Å². The van der Waals surface area contributed by atoms with Crippen molar-refractivity contribution in [1.29, 1.82) is 0 Å². The van der Waals surface area contributed by atoms with Crippen LogP contribution in [0.5, 0.6) is 0 Å². The third-order valence-electron chi connectivity index (χ3n) is 4.70. The Hall–Kier alpha value is -2.25. The van der Waals surface area contributed by atoms with E-state index < -0.39 is 21.7 Å². The van der Waals surface area contributed by atoms with Crippen LogP contribution >= 0.6 is 0 Å². The quantitative estimate of drug-likeness (QED) is 0.702. The van der Waals surface area contributed by atoms with Gasteiger partial charge in [-0.1, -0.05) is 26.3 Å². The van der Waals surface area contributed by atoms with E-state index in [1.54, 1.807) is 19.1 Å². The first-order chi connectivity index (χ1) is 13.2. The second kappa shape index (κ2) is 9.30. The van der Waals surface area contributed by atoms with E-state index in [1.165, 1.54) is 10.4 Å². The second-order valence-corrected chi connectivity index (χ2v) is 8.68. The van der Waals surface area contributed by atoms with Crippen molar-refractivity contribution in [2.24, 2.45) is 0 Å². The molecule has 2 aromatic rings. The van der Waals surface area contributed by atoms with Gasteiger partial charge < -0.3 is 5.32 Å². The summed E-state index contributed by atoms with van der Waals surface area (Å²) in [7, 11) is -3.79. The average molecular weight is 407 g/mol. The number of carbonyl (C=O) groups excluding carboxylic acids is 1. The van der Waals surface area contributed by atoms with Gasteiger partial charge in [-0.25, -0.2) is 12.8 Å². The molecular weight excluding hydrogens is 379 g/mol. The van der Waals surface area contributed by atoms with Gasteiger partial charge in [0.15, 0.2) is 0 Å². The van der Waals surface area contributed by atoms with Crippen molar-refractivity contribution in [1.82, 2.24) is 4.31 Å². The lowest BCUT2D eigenvalue weighted by Crippen LogP contribution is -2.32. The summed E-state index contributed by atoms with van der Waals surface area (Å²) in [6, 6.07) is 8.70. The Balaban J connectivity index is 2.33. The number of nitrogens with one attached hydrogen (secondary N) is 1. The molecule has 7 heteroatoms. The van der Waals surface area contributed by atoms with E-state index in [4.69, 9.17) is 0 Å². The Morgan fingerprint density at radius 3 is 2.39 bits per heavy atom. The van der Waals surface area contributed by atoms with Crippen LogP contribution in [0.15, 0.2) is 41.3 Å². The zero-order chi connectivity index (χ0) is 20.9. The topological polar surface area (TPSA) is 66.5 Å². The number of amides is 1. The first-order valence-corrected chi connectivity index (χ1v) is 10.8. The molecule has 0 aliphatic rings. The van der Waals surface area contributed by atoms with Crippen LogP contribution in [0, 0.1) is 19.7 Å². The zero-order valence-electron chi connectivity index (χ0n) is 16.8. The third-order valence-corrected chi connectivity index (χ3v) is 6.67. The first-order valence-electron chi connectivity index (χ1n) is 9.39. The number of anilines is 1. The fourth-order valence-corrected chi connectivity index (χ4v) is 4.30. The fraction of sp³-hybridized carbons (Fsp3) is 0.381. The molecule has 1 N–H and O–H groups in total. The fourth-order valence-electron chi connectivity index (χ4n) is 2.79. The highest BCUT2D eigenvalue weighted by molar-refractivity contribution is 7.89. The van der Waals surface area contributed by atoms with Crippen LogP contribution in [0.2, 0.25) is 0 Å². The van der Waals surface area contributed by atoms with Crippen molar-refractivity contribution < 1.29 is 17.6 Å². The number of carbonyl (C=O) groups is 1. The van der Waals surface area contributed by atoms with Gasteiger partial charge >= 0.3 is 0 Å². The number of unbranched alkanes of at least 4 members (excludes halogenated alkanes) is 1. The van der Waals surface area contributed by atoms with Crippen molar-refractivity contribution >= 4 is 21.6 Å². The minimum Gasteiger partial charge on any atom is -0.322 e. The summed E-state index contributed by atoms with van der Waals surface area (Å²) in [5, 5.41) is 2.64. The highest BCUT2D eigenvalue weighted by atomic mass is 32.2. The number of hydrogen-bond donors (Lipinski definition) is 1. The summed E-state index contributed by atoms with van der Waals surface area (Å²) >= 11 is 0. The number of halogens is 1. The van der Waals surface area contributed by atoms with E-state index >= 15 is 0 Å². The molecule has 0 atom stereocenters. The Kier molecular flexibility index (Phi) is 7.32. The van der Waals surface area contributed by atoms with Gasteiger partial charge in [0, 0.05) is 18.8 Å². The van der Waals surface area contributed by atoms with Gasteiger partial charge in [-0.15, -0.1) is 0 Å². The van der Waals surface area contributed by atoms with Gasteiger partial charge in [0.05, 0.1) is 10.5 Å². The van der Waals surface area contributed by atoms with Crippen LogP contribution in [-0.2, 0) is 10.0 Å². The number of benzene rings is 2. The van der Waals surface area contributed by atoms with E-state index in [-0.39, 0.29) is 10.5 Å². The summed E-state index contributed by atoms with van der Waals surface area (Å²) in [6.07, 6.45) is 1.59. The molecule has 0 aromatic heterocycles. The molecule has 2 aromatic carbocycles. The average Bonchev–Trinajstić information content (AvgIpc) is 2.65. The normalized spacial score (nSPS) is 11.6. The Morgan fingerprint density at radius 2 is 1.79 bits per heavy atom. The number of sulfonamides is 1. The van der Waals surface area contributed by atoms with E-state index in [0.717, 1.165) is 36.1 Å². The maximum absolute atomic E-state index is 14.3. The summed E-state index contributed by atoms with van der Waals surface area (Å²) in [6.45, 7) is 8.29. The number of nitrogens with zero attached hydrogens (tertiary/aromatic N) is 1. The molecule has 152 valence electrons. The van der Waals surface area contributed by atoms with Crippen LogP contribution in [0.4, 0.5) is 10.1 Å². The Bertz CT molecular complexity index is 958. The summed E-state index contributed by atoms with van der Waals surface area (Å²) < 4.78 is 41.3. The standard InChI is InChI=1S/C21H27FN2O3S/c1-5-7-12-24(6-2)28(26,27)18-10-11-20(22)19(14-18)21(25)23-17-9-8-15(3)16(4)13-17/h8-11,13-14H,5-7,12H2,1-4H3,(H,23,25). The molecule has 5 nitrogen and oxygen atoms in total. The van der Waals surface area contributed by atoms with Gasteiger partial charge in [0.25, 0.3) is 5.91 Å². The van der Waals surface area contributed by atoms with Crippen molar-refractivity contribution in [3.05, 3.63) is 58.9 Å². The van der Waals surface area contributed by atoms with Crippen molar-refractivity contribution in [3.63, 3.8) is 0 Å². The molecule has 0 saturated carbocycles. The smallest absolute Gasteiger partial charge is 0.258 e. The largest absolute Gasteiger partial charge is 0.322 e. The number of hydrogen-bond acceptors (Lipinski definition) is 3. The van der Waals surface area contributed by atoms with Crippen LogP contribution in [0.25, 0.3) is 0 Å². The highest BCUT2D eigenvalue weighted by Crippen LogP contribution is 2.21. The minimum atomic E-state index is -3.79. The Labute approximate surface area is 166 Å². The third kappa shape index (κ3) is 4.97. The molecule has 28 heavy (non-hydrogen) atoms. The molecule has 1 amide bonds. The summed E-state index contributed by atoms with van der Waals surface area (Å²) in [4.78, 5) is 12.5. The van der Waals surface area contributed by atoms with Crippen molar-refractivity contribution in [2.45, 2.75) is 45.4 Å². The SMILES string of the molecule is CCCCN(CC)S(=O)(=O)c1ccc(F)c(C(=O)Nc2ccc(C)c(C)c2)c1. The molecule has 0 unspecified atom stereocenters. The molecule has 0 fully saturated rings. The highest BCUT2D eigenvalue weighted by Gasteiger charge is 2.25. The monoisotopic (exact) mass is 406 g/mol. The molecular formula is C21H27FN2O3S. The van der Waals surface area contributed by atoms with Gasteiger partial charge in [0.2, 0.25) is 10.0 Å². The lowest BCUT2D eigenvalue weighted by atomic mass is 10.1. The minimum absolute atomic E-state index is 0.0860. The summed E-state index contributed by atoms with van der Waals surface area (Å²) in [5.74, 6) is -1.45. The molecule has 0 spiro atoms. The van der Waals surface area contributed by atoms with Crippen LogP contribution < -0.4 is 5.32 Å². The van der Waals surface area contributed by atoms with Crippen LogP contribution in [0.3, 0.4) is 0 Å². The maximum atomic E-state index is 14.3. The van der Waals surface area contributed by atoms with Gasteiger partial charge in [-0.2, -0.15) is 4.31 Å². The predicted molar refractivity (Wildman–Crippen MR) is 110 cm³/mol. The first kappa shape index (κ1) is 22.0. The Morgan fingerprint density at radius 1 is 1.07 bits per heavy atom. The number of rotatable bonds is 8. The predicted octanol–water partition coefficient (Wildman–Crippen LogP) is 4.51. The molecule has 0 saturated heterocycles. The molecule has 0 heterocycles. The maximum Gasteiger partial charge on any atom is 0.258 e. The molecule has 0 aliphatic carbocycles. The van der Waals surface area contributed by atoms with Gasteiger partial charge in [0.1, 0.15) is 5.82 Å². The lowest BCUT2D eigenvalue weighted by molar-refractivity contribution is 0.102. The van der Waals surface area contributed by atoms with Gasteiger partial charge in [-0.05, 0) is 61.7 Å². The van der Waals surface area contributed by atoms with Gasteiger partial charge in [-0.3, -0.25) is 4.79 Å². The molecule has 0 aliphatic heterocycles. The lowest BCUT2D eigenvalue weighted by Gasteiger charge is -2.20.